The molecule has 0 aliphatic carbocycles. The van der Waals surface area contributed by atoms with Gasteiger partial charge in [0.05, 0.1) is 7.11 Å². The van der Waals surface area contributed by atoms with Gasteiger partial charge in [0.2, 0.25) is 0 Å². The van der Waals surface area contributed by atoms with Gasteiger partial charge in [0, 0.05) is 26.2 Å². The van der Waals surface area contributed by atoms with E-state index >= 15 is 0 Å². The molecular formula is C15H24N2O. The van der Waals surface area contributed by atoms with Gasteiger partial charge < -0.3 is 9.64 Å². The quantitative estimate of drug-likeness (QED) is 0.439. The zero-order chi connectivity index (χ0) is 13.4. The minimum Gasteiger partial charge on any atom is -0.497 e. The second-order valence-corrected chi connectivity index (χ2v) is 4.54. The fourth-order valence-corrected chi connectivity index (χ4v) is 1.78. The van der Waals surface area contributed by atoms with Gasteiger partial charge in [-0.1, -0.05) is 19.8 Å². The SMILES string of the molecule is CCCCCN=C(c1ccc(OC)cc1)N(C)C. The predicted octanol–water partition coefficient (Wildman–Crippen LogP) is 3.19. The van der Waals surface area contributed by atoms with E-state index in [0.29, 0.717) is 0 Å². The maximum absolute atomic E-state index is 5.17. The Hall–Kier alpha value is -1.51. The molecule has 100 valence electrons. The van der Waals surface area contributed by atoms with E-state index in [1.54, 1.807) is 7.11 Å². The van der Waals surface area contributed by atoms with Crippen LogP contribution in [0.5, 0.6) is 5.75 Å². The Balaban J connectivity index is 2.76. The third kappa shape index (κ3) is 4.40. The lowest BCUT2D eigenvalue weighted by molar-refractivity contribution is 0.414. The normalized spacial score (nSPS) is 11.4. The molecule has 0 N–H and O–H groups in total. The average molecular weight is 248 g/mol. The summed E-state index contributed by atoms with van der Waals surface area (Å²) in [5.74, 6) is 1.91. The van der Waals surface area contributed by atoms with Crippen molar-refractivity contribution >= 4 is 5.84 Å². The molecule has 0 heterocycles. The van der Waals surface area contributed by atoms with E-state index < -0.39 is 0 Å². The molecule has 0 radical (unpaired) electrons. The fourth-order valence-electron chi connectivity index (χ4n) is 1.78. The van der Waals surface area contributed by atoms with Crippen molar-refractivity contribution in [3.63, 3.8) is 0 Å². The summed E-state index contributed by atoms with van der Waals surface area (Å²) in [7, 11) is 5.74. The molecule has 0 unspecified atom stereocenters. The first-order chi connectivity index (χ1) is 8.69. The Morgan fingerprint density at radius 3 is 2.33 bits per heavy atom. The molecule has 0 aromatic heterocycles. The first-order valence-electron chi connectivity index (χ1n) is 6.55. The molecule has 0 saturated carbocycles. The molecule has 0 fully saturated rings. The molecule has 1 aromatic rings. The topological polar surface area (TPSA) is 24.8 Å². The predicted molar refractivity (Wildman–Crippen MR) is 77.6 cm³/mol. The number of nitrogens with zero attached hydrogens (tertiary/aromatic N) is 2. The molecule has 0 bridgehead atoms. The largest absolute Gasteiger partial charge is 0.497 e. The van der Waals surface area contributed by atoms with Crippen LogP contribution in [0, 0.1) is 0 Å². The van der Waals surface area contributed by atoms with Crippen LogP contribution >= 0.6 is 0 Å². The van der Waals surface area contributed by atoms with E-state index in [4.69, 9.17) is 4.74 Å². The maximum atomic E-state index is 5.17. The molecular weight excluding hydrogens is 224 g/mol. The van der Waals surface area contributed by atoms with Crippen LogP contribution in [0.25, 0.3) is 0 Å². The van der Waals surface area contributed by atoms with E-state index in [0.717, 1.165) is 30.1 Å². The van der Waals surface area contributed by atoms with Crippen LogP contribution < -0.4 is 4.74 Å². The summed E-state index contributed by atoms with van der Waals surface area (Å²) in [6, 6.07) is 8.05. The summed E-state index contributed by atoms with van der Waals surface area (Å²) in [6.45, 7) is 3.10. The van der Waals surface area contributed by atoms with Crippen molar-refractivity contribution in [2.24, 2.45) is 4.99 Å². The number of aliphatic imine (C=N–C) groups is 1. The highest BCUT2D eigenvalue weighted by Crippen LogP contribution is 2.13. The van der Waals surface area contributed by atoms with Gasteiger partial charge in [0.1, 0.15) is 11.6 Å². The van der Waals surface area contributed by atoms with Crippen LogP contribution in [0.15, 0.2) is 29.3 Å². The molecule has 0 aliphatic rings. The van der Waals surface area contributed by atoms with Crippen molar-refractivity contribution in [1.29, 1.82) is 0 Å². The molecule has 0 atom stereocenters. The number of unbranched alkanes of at least 4 members (excludes halogenated alkanes) is 2. The summed E-state index contributed by atoms with van der Waals surface area (Å²) in [5, 5.41) is 0. The maximum Gasteiger partial charge on any atom is 0.130 e. The molecule has 1 aromatic carbocycles. The van der Waals surface area contributed by atoms with Crippen LogP contribution in [-0.4, -0.2) is 38.5 Å². The number of ether oxygens (including phenoxy) is 1. The lowest BCUT2D eigenvalue weighted by Gasteiger charge is -2.16. The summed E-state index contributed by atoms with van der Waals surface area (Å²) in [4.78, 5) is 6.75. The number of hydrogen-bond donors (Lipinski definition) is 0. The molecule has 0 aliphatic heterocycles. The van der Waals surface area contributed by atoms with Crippen molar-refractivity contribution in [2.75, 3.05) is 27.7 Å². The highest BCUT2D eigenvalue weighted by Gasteiger charge is 2.05. The zero-order valence-corrected chi connectivity index (χ0v) is 11.9. The van der Waals surface area contributed by atoms with Crippen molar-refractivity contribution < 1.29 is 4.74 Å². The van der Waals surface area contributed by atoms with Gasteiger partial charge in [-0.2, -0.15) is 0 Å². The number of hydrogen-bond acceptors (Lipinski definition) is 2. The number of amidine groups is 1. The van der Waals surface area contributed by atoms with Crippen LogP contribution in [0.1, 0.15) is 31.7 Å². The molecule has 3 heteroatoms. The van der Waals surface area contributed by atoms with Crippen molar-refractivity contribution in [3.8, 4) is 5.75 Å². The van der Waals surface area contributed by atoms with Gasteiger partial charge in [0.15, 0.2) is 0 Å². The summed E-state index contributed by atoms with van der Waals surface area (Å²) in [5.41, 5.74) is 1.14. The van der Waals surface area contributed by atoms with Gasteiger partial charge in [-0.3, -0.25) is 4.99 Å². The van der Waals surface area contributed by atoms with E-state index in [1.807, 2.05) is 26.2 Å². The average Bonchev–Trinajstić information content (AvgIpc) is 2.39. The van der Waals surface area contributed by atoms with Gasteiger partial charge in [-0.25, -0.2) is 0 Å². The molecule has 0 amide bonds. The Morgan fingerprint density at radius 1 is 1.17 bits per heavy atom. The summed E-state index contributed by atoms with van der Waals surface area (Å²) < 4.78 is 5.17. The van der Waals surface area contributed by atoms with Crippen molar-refractivity contribution in [2.45, 2.75) is 26.2 Å². The Kier molecular flexibility index (Phi) is 6.26. The van der Waals surface area contributed by atoms with Gasteiger partial charge in [-0.15, -0.1) is 0 Å². The third-order valence-corrected chi connectivity index (χ3v) is 2.80. The smallest absolute Gasteiger partial charge is 0.130 e. The zero-order valence-electron chi connectivity index (χ0n) is 11.9. The minimum absolute atomic E-state index is 0.878. The lowest BCUT2D eigenvalue weighted by Crippen LogP contribution is -2.23. The number of benzene rings is 1. The lowest BCUT2D eigenvalue weighted by atomic mass is 10.2. The monoisotopic (exact) mass is 248 g/mol. The molecule has 1 rings (SSSR count). The number of rotatable bonds is 6. The highest BCUT2D eigenvalue weighted by molar-refractivity contribution is 5.98. The van der Waals surface area contributed by atoms with E-state index in [9.17, 15) is 0 Å². The Morgan fingerprint density at radius 2 is 1.83 bits per heavy atom. The summed E-state index contributed by atoms with van der Waals surface area (Å²) >= 11 is 0. The Bertz CT molecular complexity index is 369. The summed E-state index contributed by atoms with van der Waals surface area (Å²) in [6.07, 6.45) is 3.63. The van der Waals surface area contributed by atoms with E-state index in [2.05, 4.69) is 28.9 Å². The van der Waals surface area contributed by atoms with E-state index in [-0.39, 0.29) is 0 Å². The van der Waals surface area contributed by atoms with E-state index in [1.165, 1.54) is 12.8 Å². The Labute approximate surface area is 110 Å². The first kappa shape index (κ1) is 14.6. The van der Waals surface area contributed by atoms with Crippen molar-refractivity contribution in [3.05, 3.63) is 29.8 Å². The van der Waals surface area contributed by atoms with Crippen LogP contribution in [0.4, 0.5) is 0 Å². The number of methoxy groups -OCH3 is 1. The van der Waals surface area contributed by atoms with Crippen LogP contribution in [0.3, 0.4) is 0 Å². The van der Waals surface area contributed by atoms with Gasteiger partial charge in [0.25, 0.3) is 0 Å². The van der Waals surface area contributed by atoms with Crippen molar-refractivity contribution in [1.82, 2.24) is 4.90 Å². The molecule has 0 spiro atoms. The highest BCUT2D eigenvalue weighted by atomic mass is 16.5. The standard InChI is InChI=1S/C15H24N2O/c1-5-6-7-12-16-15(17(2)3)13-8-10-14(18-4)11-9-13/h8-11H,5-7,12H2,1-4H3. The van der Waals surface area contributed by atoms with Gasteiger partial charge in [-0.05, 0) is 30.7 Å². The third-order valence-electron chi connectivity index (χ3n) is 2.80. The second kappa shape index (κ2) is 7.75. The molecule has 18 heavy (non-hydrogen) atoms. The second-order valence-electron chi connectivity index (χ2n) is 4.54. The van der Waals surface area contributed by atoms with Crippen LogP contribution in [-0.2, 0) is 0 Å². The van der Waals surface area contributed by atoms with Gasteiger partial charge >= 0.3 is 0 Å². The molecule has 3 nitrogen and oxygen atoms in total. The van der Waals surface area contributed by atoms with Crippen LogP contribution in [0.2, 0.25) is 0 Å². The fraction of sp³-hybridized carbons (Fsp3) is 0.533. The first-order valence-corrected chi connectivity index (χ1v) is 6.55. The molecule has 0 saturated heterocycles. The minimum atomic E-state index is 0.878.